The van der Waals surface area contributed by atoms with Crippen molar-refractivity contribution < 1.29 is 14.6 Å². The molecule has 0 aliphatic carbocycles. The van der Waals surface area contributed by atoms with Gasteiger partial charge in [0, 0.05) is 20.6 Å². The average Bonchev–Trinajstić information content (AvgIpc) is 2.77. The number of aromatic hydroxyl groups is 1. The molecule has 0 fully saturated rings. The molecule has 2 aromatic carbocycles. The van der Waals surface area contributed by atoms with Crippen LogP contribution in [0.4, 0.5) is 5.69 Å². The molecule has 2 N–H and O–H groups in total. The lowest BCUT2D eigenvalue weighted by atomic mass is 10.0. The third-order valence-electron chi connectivity index (χ3n) is 3.36. The summed E-state index contributed by atoms with van der Waals surface area (Å²) in [7, 11) is 1.48. The van der Waals surface area contributed by atoms with Gasteiger partial charge in [-0.2, -0.15) is 0 Å². The van der Waals surface area contributed by atoms with E-state index < -0.39 is 0 Å². The topological polar surface area (TPSA) is 58.6 Å². The van der Waals surface area contributed by atoms with Crippen LogP contribution in [0.5, 0.6) is 11.5 Å². The Morgan fingerprint density at radius 1 is 1.32 bits per heavy atom. The molecule has 1 aliphatic rings. The number of fused-ring (bicyclic) bond motifs is 1. The molecule has 0 aromatic heterocycles. The summed E-state index contributed by atoms with van der Waals surface area (Å²) < 4.78 is 5.76. The van der Waals surface area contributed by atoms with Crippen molar-refractivity contribution in [2.75, 3.05) is 12.4 Å². The maximum absolute atomic E-state index is 12.1. The number of anilines is 1. The molecule has 0 saturated heterocycles. The number of amides is 1. The van der Waals surface area contributed by atoms with Crippen LogP contribution < -0.4 is 10.1 Å². The minimum Gasteiger partial charge on any atom is -0.504 e. The van der Waals surface area contributed by atoms with Crippen LogP contribution in [0, 0.1) is 0 Å². The van der Waals surface area contributed by atoms with Gasteiger partial charge >= 0.3 is 0 Å². The first-order valence-electron chi connectivity index (χ1n) is 6.39. The monoisotopic (exact) mass is 379 g/mol. The minimum absolute atomic E-state index is 0.00675. The van der Waals surface area contributed by atoms with Gasteiger partial charge in [-0.3, -0.25) is 4.79 Å². The molecule has 1 aliphatic heterocycles. The second-order valence-corrected chi connectivity index (χ2v) is 6.04. The van der Waals surface area contributed by atoms with E-state index in [1.54, 1.807) is 30.3 Å². The lowest BCUT2D eigenvalue weighted by molar-refractivity contribution is -0.110. The number of carbonyl (C=O) groups is 1. The Labute approximate surface area is 140 Å². The first-order chi connectivity index (χ1) is 10.5. The highest BCUT2D eigenvalue weighted by molar-refractivity contribution is 9.10. The van der Waals surface area contributed by atoms with Gasteiger partial charge in [-0.15, -0.1) is 0 Å². The van der Waals surface area contributed by atoms with E-state index in [2.05, 4.69) is 21.2 Å². The number of rotatable bonds is 2. The normalized spacial score (nSPS) is 14.9. The van der Waals surface area contributed by atoms with Crippen LogP contribution in [-0.4, -0.2) is 18.1 Å². The third kappa shape index (κ3) is 2.58. The van der Waals surface area contributed by atoms with Crippen molar-refractivity contribution in [3.8, 4) is 11.5 Å². The molecule has 0 bridgehead atoms. The van der Waals surface area contributed by atoms with Crippen molar-refractivity contribution in [1.29, 1.82) is 0 Å². The van der Waals surface area contributed by atoms with Gasteiger partial charge in [-0.05, 0) is 35.9 Å². The van der Waals surface area contributed by atoms with E-state index in [0.717, 1.165) is 5.56 Å². The second kappa shape index (κ2) is 5.66. The maximum Gasteiger partial charge on any atom is 0.256 e. The fourth-order valence-corrected chi connectivity index (χ4v) is 2.91. The molecule has 1 amide bonds. The highest BCUT2D eigenvalue weighted by Gasteiger charge is 2.24. The van der Waals surface area contributed by atoms with Gasteiger partial charge in [-0.1, -0.05) is 33.6 Å². The van der Waals surface area contributed by atoms with E-state index in [1.165, 1.54) is 13.2 Å². The largest absolute Gasteiger partial charge is 0.504 e. The number of halogens is 2. The van der Waals surface area contributed by atoms with Gasteiger partial charge in [0.25, 0.3) is 5.91 Å². The number of carbonyl (C=O) groups excluding carboxylic acids is 1. The number of methoxy groups -OCH3 is 1. The van der Waals surface area contributed by atoms with Crippen molar-refractivity contribution in [3.63, 3.8) is 0 Å². The summed E-state index contributed by atoms with van der Waals surface area (Å²) in [5.74, 6) is 0.156. The Bertz CT molecular complexity index is 817. The number of nitrogens with one attached hydrogen (secondary N) is 1. The Kier molecular flexibility index (Phi) is 3.85. The standard InChI is InChI=1S/C16H11BrClNO3/c1-22-15-7-12(17)8(5-14(15)20)4-11-10-3-2-9(18)6-13(10)19-16(11)21/h2-7,20H,1H3,(H,19,21). The summed E-state index contributed by atoms with van der Waals surface area (Å²) in [5.41, 5.74) is 2.64. The first kappa shape index (κ1) is 14.9. The summed E-state index contributed by atoms with van der Waals surface area (Å²) in [6, 6.07) is 8.42. The molecule has 1 heterocycles. The molecular weight excluding hydrogens is 370 g/mol. The molecule has 0 radical (unpaired) electrons. The molecule has 112 valence electrons. The Hall–Kier alpha value is -1.98. The van der Waals surface area contributed by atoms with E-state index in [4.69, 9.17) is 16.3 Å². The number of ether oxygens (including phenoxy) is 1. The van der Waals surface area contributed by atoms with Crippen molar-refractivity contribution in [2.24, 2.45) is 0 Å². The van der Waals surface area contributed by atoms with Crippen molar-refractivity contribution >= 4 is 50.8 Å². The van der Waals surface area contributed by atoms with Crippen LogP contribution in [0.2, 0.25) is 5.02 Å². The molecule has 0 saturated carbocycles. The molecule has 2 aromatic rings. The van der Waals surface area contributed by atoms with Crippen LogP contribution >= 0.6 is 27.5 Å². The lowest BCUT2D eigenvalue weighted by Gasteiger charge is -2.07. The molecular formula is C16H11BrClNO3. The quantitative estimate of drug-likeness (QED) is 0.763. The predicted octanol–water partition coefficient (Wildman–Crippen LogP) is 4.31. The smallest absolute Gasteiger partial charge is 0.256 e. The van der Waals surface area contributed by atoms with E-state index >= 15 is 0 Å². The van der Waals surface area contributed by atoms with Crippen LogP contribution in [0.25, 0.3) is 11.6 Å². The van der Waals surface area contributed by atoms with E-state index in [0.29, 0.717) is 32.1 Å². The van der Waals surface area contributed by atoms with E-state index in [1.807, 2.05) is 0 Å². The summed E-state index contributed by atoms with van der Waals surface area (Å²) in [5, 5.41) is 13.2. The molecule has 0 unspecified atom stereocenters. The Morgan fingerprint density at radius 3 is 2.82 bits per heavy atom. The maximum atomic E-state index is 12.1. The van der Waals surface area contributed by atoms with Crippen molar-refractivity contribution in [2.45, 2.75) is 0 Å². The summed E-state index contributed by atoms with van der Waals surface area (Å²) in [6.07, 6.45) is 1.71. The number of hydrogen-bond donors (Lipinski definition) is 2. The molecule has 4 nitrogen and oxygen atoms in total. The average molecular weight is 381 g/mol. The molecule has 22 heavy (non-hydrogen) atoms. The third-order valence-corrected chi connectivity index (χ3v) is 4.28. The van der Waals surface area contributed by atoms with E-state index in [9.17, 15) is 9.90 Å². The second-order valence-electron chi connectivity index (χ2n) is 4.75. The number of hydrogen-bond acceptors (Lipinski definition) is 3. The summed E-state index contributed by atoms with van der Waals surface area (Å²) in [4.78, 5) is 12.1. The molecule has 0 atom stereocenters. The van der Waals surface area contributed by atoms with Crippen LogP contribution in [0.15, 0.2) is 34.8 Å². The predicted molar refractivity (Wildman–Crippen MR) is 90.3 cm³/mol. The van der Waals surface area contributed by atoms with Crippen molar-refractivity contribution in [1.82, 2.24) is 0 Å². The molecule has 6 heteroatoms. The highest BCUT2D eigenvalue weighted by atomic mass is 79.9. The number of phenolic OH excluding ortho intramolecular Hbond substituents is 1. The van der Waals surface area contributed by atoms with Gasteiger partial charge in [0.2, 0.25) is 0 Å². The Morgan fingerprint density at radius 2 is 2.09 bits per heavy atom. The fraction of sp³-hybridized carbons (Fsp3) is 0.0625. The molecule has 3 rings (SSSR count). The number of phenols is 1. The highest BCUT2D eigenvalue weighted by Crippen LogP contribution is 2.38. The Balaban J connectivity index is 2.11. The van der Waals surface area contributed by atoms with Crippen molar-refractivity contribution in [3.05, 3.63) is 51.0 Å². The van der Waals surface area contributed by atoms with Gasteiger partial charge in [0.15, 0.2) is 11.5 Å². The zero-order chi connectivity index (χ0) is 15.9. The summed E-state index contributed by atoms with van der Waals surface area (Å²) in [6.45, 7) is 0. The van der Waals surface area contributed by atoms with E-state index in [-0.39, 0.29) is 11.7 Å². The van der Waals surface area contributed by atoms with Crippen LogP contribution in [0.3, 0.4) is 0 Å². The summed E-state index contributed by atoms with van der Waals surface area (Å²) >= 11 is 9.35. The zero-order valence-corrected chi connectivity index (χ0v) is 13.8. The SMILES string of the molecule is COc1cc(Br)c(C=C2C(=O)Nc3cc(Cl)ccc32)cc1O. The lowest BCUT2D eigenvalue weighted by Crippen LogP contribution is -2.03. The van der Waals surface area contributed by atoms with Gasteiger partial charge in [-0.25, -0.2) is 0 Å². The first-order valence-corrected chi connectivity index (χ1v) is 7.56. The molecule has 0 spiro atoms. The van der Waals surface area contributed by atoms with Gasteiger partial charge in [0.05, 0.1) is 12.8 Å². The van der Waals surface area contributed by atoms with Gasteiger partial charge < -0.3 is 15.2 Å². The van der Waals surface area contributed by atoms with Gasteiger partial charge in [0.1, 0.15) is 0 Å². The number of benzene rings is 2. The zero-order valence-electron chi connectivity index (χ0n) is 11.5. The van der Waals surface area contributed by atoms with Crippen LogP contribution in [0.1, 0.15) is 11.1 Å². The fourth-order valence-electron chi connectivity index (χ4n) is 2.30. The van der Waals surface area contributed by atoms with Crippen LogP contribution in [-0.2, 0) is 4.79 Å². The minimum atomic E-state index is -0.209.